The zero-order valence-electron chi connectivity index (χ0n) is 12.0. The Morgan fingerprint density at radius 2 is 1.80 bits per heavy atom. The zero-order chi connectivity index (χ0) is 13.9. The van der Waals surface area contributed by atoms with Crippen LogP contribution in [0.5, 0.6) is 5.75 Å². The molecule has 0 spiro atoms. The number of hydrogen-bond acceptors (Lipinski definition) is 3. The van der Waals surface area contributed by atoms with Gasteiger partial charge in [0.1, 0.15) is 11.9 Å². The SMILES string of the molecule is CN1CCC(Oc2ccc(C(=O)NC3CC3)cc2)CC1. The van der Waals surface area contributed by atoms with Crippen LogP contribution in [0.1, 0.15) is 36.0 Å². The lowest BCUT2D eigenvalue weighted by Gasteiger charge is -2.29. The number of ether oxygens (including phenoxy) is 1. The van der Waals surface area contributed by atoms with Crippen molar-refractivity contribution in [2.45, 2.75) is 37.8 Å². The normalized spacial score (nSPS) is 20.6. The molecule has 1 saturated heterocycles. The largest absolute Gasteiger partial charge is 0.490 e. The van der Waals surface area contributed by atoms with E-state index in [2.05, 4.69) is 17.3 Å². The van der Waals surface area contributed by atoms with Gasteiger partial charge in [-0.15, -0.1) is 0 Å². The molecule has 20 heavy (non-hydrogen) atoms. The fourth-order valence-corrected chi connectivity index (χ4v) is 2.48. The molecule has 1 aromatic carbocycles. The van der Waals surface area contributed by atoms with Gasteiger partial charge in [0.2, 0.25) is 0 Å². The highest BCUT2D eigenvalue weighted by Crippen LogP contribution is 2.21. The molecule has 1 aromatic rings. The molecule has 1 aliphatic heterocycles. The minimum absolute atomic E-state index is 0.0262. The van der Waals surface area contributed by atoms with Gasteiger partial charge in [0.05, 0.1) is 0 Å². The molecule has 4 heteroatoms. The van der Waals surface area contributed by atoms with E-state index in [1.165, 1.54) is 0 Å². The summed E-state index contributed by atoms with van der Waals surface area (Å²) >= 11 is 0. The molecular weight excluding hydrogens is 252 g/mol. The Bertz CT molecular complexity index is 460. The van der Waals surface area contributed by atoms with Crippen LogP contribution in [0.4, 0.5) is 0 Å². The second-order valence-electron chi connectivity index (χ2n) is 5.89. The third-order valence-electron chi connectivity index (χ3n) is 4.00. The quantitative estimate of drug-likeness (QED) is 0.913. The van der Waals surface area contributed by atoms with Gasteiger partial charge < -0.3 is 15.0 Å². The number of hydrogen-bond donors (Lipinski definition) is 1. The van der Waals surface area contributed by atoms with Gasteiger partial charge in [-0.05, 0) is 57.0 Å². The standard InChI is InChI=1S/C16H22N2O2/c1-18-10-8-15(9-11-18)20-14-6-2-12(3-7-14)16(19)17-13-4-5-13/h2-3,6-7,13,15H,4-5,8-11H2,1H3,(H,17,19). The van der Waals surface area contributed by atoms with E-state index >= 15 is 0 Å². The van der Waals surface area contributed by atoms with Crippen LogP contribution in [0, 0.1) is 0 Å². The Kier molecular flexibility index (Phi) is 3.92. The minimum atomic E-state index is 0.0262. The summed E-state index contributed by atoms with van der Waals surface area (Å²) in [6.07, 6.45) is 4.67. The van der Waals surface area contributed by atoms with E-state index in [0.717, 1.165) is 44.5 Å². The van der Waals surface area contributed by atoms with Gasteiger partial charge in [0.25, 0.3) is 5.91 Å². The van der Waals surface area contributed by atoms with Crippen molar-refractivity contribution < 1.29 is 9.53 Å². The highest BCUT2D eigenvalue weighted by Gasteiger charge is 2.23. The topological polar surface area (TPSA) is 41.6 Å². The fraction of sp³-hybridized carbons (Fsp3) is 0.562. The molecule has 0 radical (unpaired) electrons. The highest BCUT2D eigenvalue weighted by molar-refractivity contribution is 5.94. The van der Waals surface area contributed by atoms with Crippen LogP contribution >= 0.6 is 0 Å². The number of rotatable bonds is 4. The first kappa shape index (κ1) is 13.4. The maximum atomic E-state index is 11.9. The molecule has 0 unspecified atom stereocenters. The van der Waals surface area contributed by atoms with Crippen LogP contribution in [0.25, 0.3) is 0 Å². The summed E-state index contributed by atoms with van der Waals surface area (Å²) in [4.78, 5) is 14.2. The molecule has 4 nitrogen and oxygen atoms in total. The lowest BCUT2D eigenvalue weighted by Crippen LogP contribution is -2.35. The van der Waals surface area contributed by atoms with Gasteiger partial charge >= 0.3 is 0 Å². The van der Waals surface area contributed by atoms with Crippen LogP contribution in [-0.2, 0) is 0 Å². The maximum absolute atomic E-state index is 11.9. The maximum Gasteiger partial charge on any atom is 0.251 e. The Morgan fingerprint density at radius 3 is 2.40 bits per heavy atom. The third-order valence-corrected chi connectivity index (χ3v) is 4.00. The first-order chi connectivity index (χ1) is 9.70. The number of nitrogens with one attached hydrogen (secondary N) is 1. The molecule has 0 bridgehead atoms. The second kappa shape index (κ2) is 5.83. The van der Waals surface area contributed by atoms with Crippen molar-refractivity contribution in [3.63, 3.8) is 0 Å². The van der Waals surface area contributed by atoms with Gasteiger partial charge in [-0.2, -0.15) is 0 Å². The Balaban J connectivity index is 1.54. The zero-order valence-corrected chi connectivity index (χ0v) is 12.0. The molecular formula is C16H22N2O2. The van der Waals surface area contributed by atoms with Crippen LogP contribution in [-0.4, -0.2) is 43.1 Å². The lowest BCUT2D eigenvalue weighted by molar-refractivity contribution is 0.0951. The van der Waals surface area contributed by atoms with Crippen molar-refractivity contribution in [1.82, 2.24) is 10.2 Å². The average Bonchev–Trinajstić information content (AvgIpc) is 3.26. The Morgan fingerprint density at radius 1 is 1.15 bits per heavy atom. The van der Waals surface area contributed by atoms with Gasteiger partial charge in [-0.25, -0.2) is 0 Å². The summed E-state index contributed by atoms with van der Waals surface area (Å²) in [5, 5.41) is 2.99. The summed E-state index contributed by atoms with van der Waals surface area (Å²) < 4.78 is 5.97. The molecule has 2 aliphatic rings. The minimum Gasteiger partial charge on any atom is -0.490 e. The van der Waals surface area contributed by atoms with Gasteiger partial charge in [0.15, 0.2) is 0 Å². The number of benzene rings is 1. The molecule has 1 aliphatic carbocycles. The molecule has 0 atom stereocenters. The molecule has 1 heterocycles. The number of carbonyl (C=O) groups is 1. The van der Waals surface area contributed by atoms with Crippen molar-refractivity contribution in [3.05, 3.63) is 29.8 Å². The van der Waals surface area contributed by atoms with E-state index in [1.807, 2.05) is 24.3 Å². The number of amides is 1. The van der Waals surface area contributed by atoms with Crippen LogP contribution in [0.3, 0.4) is 0 Å². The molecule has 1 amide bonds. The molecule has 0 aromatic heterocycles. The monoisotopic (exact) mass is 274 g/mol. The van der Waals surface area contributed by atoms with Gasteiger partial charge in [-0.1, -0.05) is 0 Å². The predicted octanol–water partition coefficient (Wildman–Crippen LogP) is 2.05. The van der Waals surface area contributed by atoms with E-state index in [1.54, 1.807) is 0 Å². The van der Waals surface area contributed by atoms with Crippen molar-refractivity contribution in [2.75, 3.05) is 20.1 Å². The van der Waals surface area contributed by atoms with E-state index in [4.69, 9.17) is 4.74 Å². The Hall–Kier alpha value is -1.55. The summed E-state index contributed by atoms with van der Waals surface area (Å²) in [6, 6.07) is 7.90. The van der Waals surface area contributed by atoms with E-state index in [-0.39, 0.29) is 5.91 Å². The van der Waals surface area contributed by atoms with Gasteiger partial charge in [-0.3, -0.25) is 4.79 Å². The number of piperidine rings is 1. The number of nitrogens with zero attached hydrogens (tertiary/aromatic N) is 1. The fourth-order valence-electron chi connectivity index (χ4n) is 2.48. The van der Waals surface area contributed by atoms with Crippen LogP contribution < -0.4 is 10.1 Å². The van der Waals surface area contributed by atoms with Crippen LogP contribution in [0.2, 0.25) is 0 Å². The first-order valence-electron chi connectivity index (χ1n) is 7.47. The average molecular weight is 274 g/mol. The molecule has 3 rings (SSSR count). The van der Waals surface area contributed by atoms with Crippen LogP contribution in [0.15, 0.2) is 24.3 Å². The summed E-state index contributed by atoms with van der Waals surface area (Å²) in [6.45, 7) is 2.18. The van der Waals surface area contributed by atoms with Crippen molar-refractivity contribution >= 4 is 5.91 Å². The third kappa shape index (κ3) is 3.51. The summed E-state index contributed by atoms with van der Waals surface area (Å²) in [5.41, 5.74) is 0.715. The van der Waals surface area contributed by atoms with Crippen molar-refractivity contribution in [2.24, 2.45) is 0 Å². The Labute approximate surface area is 120 Å². The molecule has 1 N–H and O–H groups in total. The molecule has 1 saturated carbocycles. The van der Waals surface area contributed by atoms with E-state index < -0.39 is 0 Å². The predicted molar refractivity (Wildman–Crippen MR) is 78.1 cm³/mol. The lowest BCUT2D eigenvalue weighted by atomic mass is 10.1. The summed E-state index contributed by atoms with van der Waals surface area (Å²) in [5.74, 6) is 0.890. The molecule has 2 fully saturated rings. The van der Waals surface area contributed by atoms with Gasteiger partial charge in [0, 0.05) is 24.7 Å². The van der Waals surface area contributed by atoms with Crippen molar-refractivity contribution in [1.29, 1.82) is 0 Å². The number of likely N-dealkylation sites (tertiary alicyclic amines) is 1. The number of carbonyl (C=O) groups excluding carboxylic acids is 1. The van der Waals surface area contributed by atoms with E-state index in [0.29, 0.717) is 17.7 Å². The first-order valence-corrected chi connectivity index (χ1v) is 7.47. The van der Waals surface area contributed by atoms with E-state index in [9.17, 15) is 4.79 Å². The summed E-state index contributed by atoms with van der Waals surface area (Å²) in [7, 11) is 2.14. The highest BCUT2D eigenvalue weighted by atomic mass is 16.5. The van der Waals surface area contributed by atoms with Crippen molar-refractivity contribution in [3.8, 4) is 5.75 Å². The smallest absolute Gasteiger partial charge is 0.251 e. The second-order valence-corrected chi connectivity index (χ2v) is 5.89. The molecule has 108 valence electrons.